The predicted molar refractivity (Wildman–Crippen MR) is 69.7 cm³/mol. The lowest BCUT2D eigenvalue weighted by molar-refractivity contribution is -0.120. The van der Waals surface area contributed by atoms with E-state index in [1.807, 2.05) is 5.43 Å². The average Bonchev–Trinajstić information content (AvgIpc) is 2.93. The van der Waals surface area contributed by atoms with E-state index in [0.29, 0.717) is 17.4 Å². The molecule has 106 valence electrons. The van der Waals surface area contributed by atoms with Crippen LogP contribution >= 0.6 is 0 Å². The smallest absolute Gasteiger partial charge is 0.241 e. The summed E-state index contributed by atoms with van der Waals surface area (Å²) in [4.78, 5) is 15.2. The summed E-state index contributed by atoms with van der Waals surface area (Å²) in [5, 5.41) is 6.59. The van der Waals surface area contributed by atoms with E-state index in [9.17, 15) is 4.79 Å². The molecule has 8 heteroatoms. The van der Waals surface area contributed by atoms with Crippen molar-refractivity contribution >= 4 is 5.91 Å². The highest BCUT2D eigenvalue weighted by molar-refractivity contribution is 5.76. The van der Waals surface area contributed by atoms with Crippen LogP contribution < -0.4 is 20.7 Å². The number of aromatic nitrogens is 3. The van der Waals surface area contributed by atoms with Gasteiger partial charge in [-0.25, -0.2) is 10.8 Å². The van der Waals surface area contributed by atoms with Gasteiger partial charge in [0.25, 0.3) is 0 Å². The summed E-state index contributed by atoms with van der Waals surface area (Å²) in [6, 6.07) is 7.18. The van der Waals surface area contributed by atoms with E-state index < -0.39 is 0 Å². The van der Waals surface area contributed by atoms with Crippen LogP contribution in [0, 0.1) is 0 Å². The fraction of sp³-hybridized carbons (Fsp3) is 0.250. The van der Waals surface area contributed by atoms with Crippen molar-refractivity contribution in [3.63, 3.8) is 0 Å². The molecule has 0 aliphatic rings. The van der Waals surface area contributed by atoms with Crippen LogP contribution in [0.15, 0.2) is 24.3 Å². The van der Waals surface area contributed by atoms with E-state index in [1.54, 1.807) is 31.4 Å². The van der Waals surface area contributed by atoms with Crippen LogP contribution in [0.25, 0.3) is 0 Å². The van der Waals surface area contributed by atoms with Crippen LogP contribution in [-0.4, -0.2) is 28.2 Å². The number of carbonyl (C=O) groups is 1. The third kappa shape index (κ3) is 3.69. The molecule has 2 rings (SSSR count). The fourth-order valence-electron chi connectivity index (χ4n) is 1.50. The minimum atomic E-state index is -0.355. The first-order chi connectivity index (χ1) is 9.71. The molecule has 0 fully saturated rings. The van der Waals surface area contributed by atoms with E-state index in [-0.39, 0.29) is 18.9 Å². The summed E-state index contributed by atoms with van der Waals surface area (Å²) >= 11 is 0. The van der Waals surface area contributed by atoms with E-state index >= 15 is 0 Å². The van der Waals surface area contributed by atoms with Crippen LogP contribution in [0.5, 0.6) is 11.5 Å². The molecule has 2 aromatic rings. The number of nitrogens with one attached hydrogen (secondary N) is 2. The van der Waals surface area contributed by atoms with Gasteiger partial charge < -0.3 is 9.47 Å². The number of methoxy groups -OCH3 is 1. The Balaban J connectivity index is 1.88. The lowest BCUT2D eigenvalue weighted by Gasteiger charge is -2.04. The van der Waals surface area contributed by atoms with E-state index in [0.717, 1.165) is 5.75 Å². The zero-order valence-electron chi connectivity index (χ0n) is 10.9. The molecule has 0 atom stereocenters. The summed E-state index contributed by atoms with van der Waals surface area (Å²) in [7, 11) is 1.60. The second-order valence-electron chi connectivity index (χ2n) is 3.91. The number of rotatable bonds is 6. The van der Waals surface area contributed by atoms with Crippen molar-refractivity contribution in [2.45, 2.75) is 13.0 Å². The molecule has 0 aliphatic carbocycles. The van der Waals surface area contributed by atoms with Crippen molar-refractivity contribution in [2.75, 3.05) is 7.11 Å². The molecule has 1 aromatic carbocycles. The highest BCUT2D eigenvalue weighted by Gasteiger charge is 2.08. The molecule has 1 heterocycles. The van der Waals surface area contributed by atoms with Crippen molar-refractivity contribution in [3.8, 4) is 11.5 Å². The van der Waals surface area contributed by atoms with Crippen molar-refractivity contribution in [3.05, 3.63) is 35.9 Å². The Labute approximate surface area is 115 Å². The number of hydrogen-bond donors (Lipinski definition) is 3. The van der Waals surface area contributed by atoms with E-state index in [2.05, 4.69) is 15.2 Å². The van der Waals surface area contributed by atoms with Crippen molar-refractivity contribution in [1.29, 1.82) is 0 Å². The summed E-state index contributed by atoms with van der Waals surface area (Å²) in [6.07, 6.45) is 0.0233. The van der Waals surface area contributed by atoms with Crippen LogP contribution in [0.2, 0.25) is 0 Å². The predicted octanol–water partition coefficient (Wildman–Crippen LogP) is -0.0753. The molecule has 20 heavy (non-hydrogen) atoms. The second-order valence-corrected chi connectivity index (χ2v) is 3.91. The largest absolute Gasteiger partial charge is 0.497 e. The van der Waals surface area contributed by atoms with Crippen molar-refractivity contribution in [2.24, 2.45) is 5.84 Å². The maximum Gasteiger partial charge on any atom is 0.241 e. The molecule has 0 aliphatic heterocycles. The van der Waals surface area contributed by atoms with Crippen LogP contribution in [0.3, 0.4) is 0 Å². The molecular weight excluding hydrogens is 262 g/mol. The molecule has 0 unspecified atom stereocenters. The molecule has 1 aromatic heterocycles. The fourth-order valence-corrected chi connectivity index (χ4v) is 1.50. The Morgan fingerprint density at radius 1 is 1.35 bits per heavy atom. The highest BCUT2D eigenvalue weighted by atomic mass is 16.5. The van der Waals surface area contributed by atoms with Gasteiger partial charge in [0.1, 0.15) is 18.1 Å². The van der Waals surface area contributed by atoms with Gasteiger partial charge in [0.2, 0.25) is 5.91 Å². The lowest BCUT2D eigenvalue weighted by atomic mass is 10.3. The standard InChI is InChI=1S/C12H15N5O3/c1-19-8-2-4-9(5-3-8)20-7-11-14-10(16-17-11)6-12(18)15-13/h2-5H,6-7,13H2,1H3,(H,15,18)(H,14,16,17). The van der Waals surface area contributed by atoms with Gasteiger partial charge in [0, 0.05) is 0 Å². The number of hydrogen-bond acceptors (Lipinski definition) is 6. The van der Waals surface area contributed by atoms with Gasteiger partial charge in [-0.1, -0.05) is 0 Å². The number of carbonyl (C=O) groups excluding carboxylic acids is 1. The quantitative estimate of drug-likeness (QED) is 0.386. The molecular formula is C12H15N5O3. The summed E-state index contributed by atoms with van der Waals surface area (Å²) in [5.41, 5.74) is 2.02. The number of benzene rings is 1. The zero-order valence-corrected chi connectivity index (χ0v) is 10.9. The van der Waals surface area contributed by atoms with Crippen LogP contribution in [0.1, 0.15) is 11.6 Å². The summed E-state index contributed by atoms with van der Waals surface area (Å²) in [5.74, 6) is 6.96. The van der Waals surface area contributed by atoms with Crippen molar-refractivity contribution in [1.82, 2.24) is 20.6 Å². The third-order valence-electron chi connectivity index (χ3n) is 2.49. The first-order valence-electron chi connectivity index (χ1n) is 5.87. The van der Waals surface area contributed by atoms with Gasteiger partial charge in [0.15, 0.2) is 11.6 Å². The SMILES string of the molecule is COc1ccc(OCc2nc(CC(=O)NN)n[nH]2)cc1. The number of nitrogens with zero attached hydrogens (tertiary/aromatic N) is 2. The molecule has 0 bridgehead atoms. The minimum Gasteiger partial charge on any atom is -0.497 e. The second kappa shape index (κ2) is 6.53. The Kier molecular flexibility index (Phi) is 4.51. The molecule has 4 N–H and O–H groups in total. The third-order valence-corrected chi connectivity index (χ3v) is 2.49. The number of H-pyrrole nitrogens is 1. The average molecular weight is 277 g/mol. The Bertz CT molecular complexity index is 567. The van der Waals surface area contributed by atoms with Gasteiger partial charge in [-0.3, -0.25) is 15.3 Å². The molecule has 8 nitrogen and oxygen atoms in total. The normalized spacial score (nSPS) is 10.1. The molecule has 0 spiro atoms. The van der Waals surface area contributed by atoms with Gasteiger partial charge in [-0.15, -0.1) is 0 Å². The molecule has 0 saturated carbocycles. The van der Waals surface area contributed by atoms with Crippen LogP contribution in [0.4, 0.5) is 0 Å². The lowest BCUT2D eigenvalue weighted by Crippen LogP contribution is -2.31. The zero-order chi connectivity index (χ0) is 14.4. The van der Waals surface area contributed by atoms with E-state index in [4.69, 9.17) is 15.3 Å². The minimum absolute atomic E-state index is 0.0233. The Hall–Kier alpha value is -2.61. The topological polar surface area (TPSA) is 115 Å². The Morgan fingerprint density at radius 2 is 2.05 bits per heavy atom. The monoisotopic (exact) mass is 277 g/mol. The molecule has 0 radical (unpaired) electrons. The number of hydrazine groups is 1. The van der Waals surface area contributed by atoms with Crippen molar-refractivity contribution < 1.29 is 14.3 Å². The van der Waals surface area contributed by atoms with Crippen LogP contribution in [-0.2, 0) is 17.8 Å². The number of amides is 1. The first-order valence-corrected chi connectivity index (χ1v) is 5.87. The maximum atomic E-state index is 11.1. The highest BCUT2D eigenvalue weighted by Crippen LogP contribution is 2.17. The first kappa shape index (κ1) is 13.8. The molecule has 1 amide bonds. The number of nitrogens with two attached hydrogens (primary N) is 1. The summed E-state index contributed by atoms with van der Waals surface area (Å²) in [6.45, 7) is 0.226. The van der Waals surface area contributed by atoms with Gasteiger partial charge in [-0.05, 0) is 24.3 Å². The number of aromatic amines is 1. The van der Waals surface area contributed by atoms with E-state index in [1.165, 1.54) is 0 Å². The Morgan fingerprint density at radius 3 is 2.70 bits per heavy atom. The van der Waals surface area contributed by atoms with Gasteiger partial charge in [-0.2, -0.15) is 5.10 Å². The van der Waals surface area contributed by atoms with Gasteiger partial charge in [0.05, 0.1) is 13.5 Å². The molecule has 0 saturated heterocycles. The van der Waals surface area contributed by atoms with Gasteiger partial charge >= 0.3 is 0 Å². The number of ether oxygens (including phenoxy) is 2. The summed E-state index contributed by atoms with van der Waals surface area (Å²) < 4.78 is 10.6. The maximum absolute atomic E-state index is 11.1.